The van der Waals surface area contributed by atoms with Crippen LogP contribution in [0.25, 0.3) is 11.0 Å². The van der Waals surface area contributed by atoms with Crippen molar-refractivity contribution >= 4 is 22.8 Å². The molecule has 1 aromatic heterocycles. The summed E-state index contributed by atoms with van der Waals surface area (Å²) in [5.74, 6) is 0.509. The molecule has 0 bridgehead atoms. The SMILES string of the molecule is CC1(C)N=C(c2ccc3nccnc3c2)NC1=O. The van der Waals surface area contributed by atoms with Crippen molar-refractivity contribution in [3.8, 4) is 0 Å². The Morgan fingerprint density at radius 1 is 1.11 bits per heavy atom. The normalized spacial score (nSPS) is 17.7. The van der Waals surface area contributed by atoms with E-state index in [1.54, 1.807) is 26.2 Å². The number of fused-ring (bicyclic) bond motifs is 1. The van der Waals surface area contributed by atoms with Crippen molar-refractivity contribution in [1.29, 1.82) is 0 Å². The van der Waals surface area contributed by atoms with Crippen molar-refractivity contribution in [2.75, 3.05) is 0 Å². The fourth-order valence-corrected chi connectivity index (χ4v) is 1.87. The second-order valence-corrected chi connectivity index (χ2v) is 4.73. The molecule has 0 saturated heterocycles. The van der Waals surface area contributed by atoms with Crippen LogP contribution in [0.3, 0.4) is 0 Å². The molecule has 18 heavy (non-hydrogen) atoms. The van der Waals surface area contributed by atoms with E-state index in [4.69, 9.17) is 0 Å². The number of carbonyl (C=O) groups excluding carboxylic acids is 1. The Hall–Kier alpha value is -2.30. The lowest BCUT2D eigenvalue weighted by molar-refractivity contribution is -0.122. The van der Waals surface area contributed by atoms with E-state index in [1.165, 1.54) is 0 Å². The number of nitrogens with one attached hydrogen (secondary N) is 1. The summed E-state index contributed by atoms with van der Waals surface area (Å²) in [5.41, 5.74) is 1.76. The number of carbonyl (C=O) groups is 1. The quantitative estimate of drug-likeness (QED) is 0.816. The fraction of sp³-hybridized carbons (Fsp3) is 0.231. The summed E-state index contributed by atoms with van der Waals surface area (Å²) in [4.78, 5) is 24.5. The molecule has 0 saturated carbocycles. The number of benzene rings is 1. The number of hydrogen-bond donors (Lipinski definition) is 1. The summed E-state index contributed by atoms with van der Waals surface area (Å²) in [6.07, 6.45) is 3.30. The third-order valence-electron chi connectivity index (χ3n) is 2.92. The number of amides is 1. The van der Waals surface area contributed by atoms with Gasteiger partial charge in [-0.15, -0.1) is 0 Å². The van der Waals surface area contributed by atoms with E-state index in [-0.39, 0.29) is 5.91 Å². The van der Waals surface area contributed by atoms with Crippen LogP contribution in [0.2, 0.25) is 0 Å². The summed E-state index contributed by atoms with van der Waals surface area (Å²) in [6, 6.07) is 5.64. The predicted octanol–water partition coefficient (Wildman–Crippen LogP) is 1.28. The molecular formula is C13H12N4O. The molecule has 0 atom stereocenters. The molecule has 1 aliphatic rings. The van der Waals surface area contributed by atoms with Crippen molar-refractivity contribution in [2.24, 2.45) is 4.99 Å². The van der Waals surface area contributed by atoms with Crippen LogP contribution < -0.4 is 5.32 Å². The van der Waals surface area contributed by atoms with Crippen LogP contribution in [0.5, 0.6) is 0 Å². The molecule has 0 fully saturated rings. The molecule has 0 spiro atoms. The number of aromatic nitrogens is 2. The van der Waals surface area contributed by atoms with Crippen molar-refractivity contribution in [3.63, 3.8) is 0 Å². The summed E-state index contributed by atoms with van der Waals surface area (Å²) in [7, 11) is 0. The highest BCUT2D eigenvalue weighted by Gasteiger charge is 2.34. The second-order valence-electron chi connectivity index (χ2n) is 4.73. The monoisotopic (exact) mass is 240 g/mol. The van der Waals surface area contributed by atoms with E-state index in [0.29, 0.717) is 5.84 Å². The number of hydrogen-bond acceptors (Lipinski definition) is 4. The molecule has 2 heterocycles. The first-order valence-electron chi connectivity index (χ1n) is 5.69. The van der Waals surface area contributed by atoms with Gasteiger partial charge in [-0.1, -0.05) is 0 Å². The van der Waals surface area contributed by atoms with Gasteiger partial charge in [0.1, 0.15) is 11.4 Å². The molecule has 2 aromatic rings. The first-order valence-corrected chi connectivity index (χ1v) is 5.69. The Labute approximate surface area is 104 Å². The molecule has 5 nitrogen and oxygen atoms in total. The minimum Gasteiger partial charge on any atom is -0.308 e. The maximum atomic E-state index is 11.7. The molecule has 1 amide bonds. The summed E-state index contributed by atoms with van der Waals surface area (Å²) in [6.45, 7) is 3.58. The summed E-state index contributed by atoms with van der Waals surface area (Å²) in [5, 5.41) is 2.79. The molecule has 0 aliphatic carbocycles. The molecule has 1 aliphatic heterocycles. The molecule has 5 heteroatoms. The van der Waals surface area contributed by atoms with Crippen molar-refractivity contribution in [1.82, 2.24) is 15.3 Å². The van der Waals surface area contributed by atoms with Crippen LogP contribution in [0.15, 0.2) is 35.6 Å². The average Bonchev–Trinajstić information content (AvgIpc) is 2.63. The van der Waals surface area contributed by atoms with Crippen LogP contribution >= 0.6 is 0 Å². The molecule has 1 N–H and O–H groups in total. The van der Waals surface area contributed by atoms with Gasteiger partial charge in [-0.25, -0.2) is 0 Å². The van der Waals surface area contributed by atoms with Gasteiger partial charge in [-0.3, -0.25) is 19.8 Å². The lowest BCUT2D eigenvalue weighted by atomic mass is 10.1. The van der Waals surface area contributed by atoms with Gasteiger partial charge in [0.2, 0.25) is 0 Å². The Kier molecular flexibility index (Phi) is 2.16. The summed E-state index contributed by atoms with van der Waals surface area (Å²) < 4.78 is 0. The molecule has 1 aromatic carbocycles. The second kappa shape index (κ2) is 3.60. The van der Waals surface area contributed by atoms with Gasteiger partial charge >= 0.3 is 0 Å². The highest BCUT2D eigenvalue weighted by Crippen LogP contribution is 2.19. The maximum Gasteiger partial charge on any atom is 0.252 e. The number of rotatable bonds is 1. The molecule has 0 unspecified atom stereocenters. The van der Waals surface area contributed by atoms with Gasteiger partial charge in [-0.2, -0.15) is 0 Å². The standard InChI is InChI=1S/C13H12N4O/c1-13(2)12(18)16-11(17-13)8-3-4-9-10(7-8)15-6-5-14-9/h3-7H,1-2H3,(H,16,17,18). The minimum absolute atomic E-state index is 0.0863. The van der Waals surface area contributed by atoms with Gasteiger partial charge in [-0.05, 0) is 32.0 Å². The third-order valence-corrected chi connectivity index (χ3v) is 2.92. The Balaban J connectivity index is 2.09. The highest BCUT2D eigenvalue weighted by molar-refractivity contribution is 6.15. The van der Waals surface area contributed by atoms with Gasteiger partial charge < -0.3 is 5.32 Å². The summed E-state index contributed by atoms with van der Waals surface area (Å²) >= 11 is 0. The number of nitrogens with zero attached hydrogens (tertiary/aromatic N) is 3. The van der Waals surface area contributed by atoms with Gasteiger partial charge in [0, 0.05) is 18.0 Å². The third kappa shape index (κ3) is 1.64. The van der Waals surface area contributed by atoms with E-state index in [2.05, 4.69) is 20.3 Å². The van der Waals surface area contributed by atoms with Crippen molar-refractivity contribution in [2.45, 2.75) is 19.4 Å². The maximum absolute atomic E-state index is 11.7. The zero-order valence-corrected chi connectivity index (χ0v) is 10.1. The molecule has 0 radical (unpaired) electrons. The number of amidine groups is 1. The lowest BCUT2D eigenvalue weighted by Gasteiger charge is -2.07. The van der Waals surface area contributed by atoms with E-state index >= 15 is 0 Å². The highest BCUT2D eigenvalue weighted by atomic mass is 16.2. The average molecular weight is 240 g/mol. The van der Waals surface area contributed by atoms with E-state index in [0.717, 1.165) is 16.6 Å². The molecular weight excluding hydrogens is 228 g/mol. The smallest absolute Gasteiger partial charge is 0.252 e. The van der Waals surface area contributed by atoms with Crippen LogP contribution in [-0.2, 0) is 4.79 Å². The topological polar surface area (TPSA) is 67.2 Å². The van der Waals surface area contributed by atoms with Crippen molar-refractivity contribution in [3.05, 3.63) is 36.2 Å². The van der Waals surface area contributed by atoms with Crippen LogP contribution in [0.4, 0.5) is 0 Å². The minimum atomic E-state index is -0.702. The zero-order chi connectivity index (χ0) is 12.8. The van der Waals surface area contributed by atoms with Crippen molar-refractivity contribution < 1.29 is 4.79 Å². The lowest BCUT2D eigenvalue weighted by Crippen LogP contribution is -2.34. The predicted molar refractivity (Wildman–Crippen MR) is 68.3 cm³/mol. The number of aliphatic imine (C=N–C) groups is 1. The Morgan fingerprint density at radius 2 is 1.83 bits per heavy atom. The first-order chi connectivity index (χ1) is 8.56. The van der Waals surface area contributed by atoms with E-state index < -0.39 is 5.54 Å². The van der Waals surface area contributed by atoms with E-state index in [9.17, 15) is 4.79 Å². The largest absolute Gasteiger partial charge is 0.308 e. The van der Waals surface area contributed by atoms with Crippen LogP contribution in [0, 0.1) is 0 Å². The van der Waals surface area contributed by atoms with Crippen LogP contribution in [0.1, 0.15) is 19.4 Å². The Bertz CT molecular complexity index is 676. The first kappa shape index (κ1) is 10.8. The molecule has 90 valence electrons. The van der Waals surface area contributed by atoms with Gasteiger partial charge in [0.05, 0.1) is 11.0 Å². The van der Waals surface area contributed by atoms with Crippen LogP contribution in [-0.4, -0.2) is 27.2 Å². The fourth-order valence-electron chi connectivity index (χ4n) is 1.87. The van der Waals surface area contributed by atoms with E-state index in [1.807, 2.05) is 18.2 Å². The molecule has 3 rings (SSSR count). The van der Waals surface area contributed by atoms with Gasteiger partial charge in [0.25, 0.3) is 5.91 Å². The van der Waals surface area contributed by atoms with Gasteiger partial charge in [0.15, 0.2) is 0 Å². The zero-order valence-electron chi connectivity index (χ0n) is 10.1. The Morgan fingerprint density at radius 3 is 2.50 bits per heavy atom.